The Labute approximate surface area is 193 Å². The number of halogens is 3. The fourth-order valence-corrected chi connectivity index (χ4v) is 4.43. The van der Waals surface area contributed by atoms with Crippen molar-refractivity contribution < 1.29 is 0 Å². The Morgan fingerprint density at radius 1 is 1.16 bits per heavy atom. The average molecular weight is 478 g/mol. The predicted octanol–water partition coefficient (Wildman–Crippen LogP) is 4.47. The molecule has 1 fully saturated rings. The van der Waals surface area contributed by atoms with Crippen molar-refractivity contribution in [3.05, 3.63) is 74.2 Å². The minimum Gasteiger partial charge on any atom is -0.272 e. The second-order valence-corrected chi connectivity index (χ2v) is 9.10. The van der Waals surface area contributed by atoms with Gasteiger partial charge in [-0.3, -0.25) is 9.67 Å². The van der Waals surface area contributed by atoms with Gasteiger partial charge in [0.2, 0.25) is 0 Å². The van der Waals surface area contributed by atoms with Gasteiger partial charge >= 0.3 is 5.69 Å². The zero-order valence-electron chi connectivity index (χ0n) is 16.4. The number of aromatic amines is 1. The topological polar surface area (TPSA) is 81.4 Å². The molecule has 2 aliphatic rings. The number of H-pyrrole nitrogens is 1. The fourth-order valence-electron chi connectivity index (χ4n) is 3.66. The van der Waals surface area contributed by atoms with Crippen LogP contribution in [0.25, 0.3) is 11.4 Å². The van der Waals surface area contributed by atoms with Gasteiger partial charge in [-0.25, -0.2) is 14.5 Å². The lowest BCUT2D eigenvalue weighted by Gasteiger charge is -2.16. The van der Waals surface area contributed by atoms with Gasteiger partial charge in [0.1, 0.15) is 12.4 Å². The van der Waals surface area contributed by atoms with E-state index in [1.807, 2.05) is 24.3 Å². The van der Waals surface area contributed by atoms with E-state index in [4.69, 9.17) is 34.8 Å². The zero-order chi connectivity index (χ0) is 21.5. The van der Waals surface area contributed by atoms with Crippen LogP contribution in [0.5, 0.6) is 0 Å². The molecule has 0 amide bonds. The van der Waals surface area contributed by atoms with E-state index >= 15 is 0 Å². The Balaban J connectivity index is 1.41. The first-order valence-electron chi connectivity index (χ1n) is 10.0. The zero-order valence-corrected chi connectivity index (χ0v) is 18.7. The molecular formula is C21H19Cl3N6O. The summed E-state index contributed by atoms with van der Waals surface area (Å²) in [6.45, 7) is 0.198. The molecular weight excluding hydrogens is 459 g/mol. The van der Waals surface area contributed by atoms with Crippen LogP contribution in [-0.2, 0) is 13.0 Å². The monoisotopic (exact) mass is 476 g/mol. The summed E-state index contributed by atoms with van der Waals surface area (Å²) in [4.78, 5) is 17.6. The Morgan fingerprint density at radius 3 is 2.65 bits per heavy atom. The van der Waals surface area contributed by atoms with Crippen molar-refractivity contribution in [3.63, 3.8) is 0 Å². The number of aromatic nitrogens is 6. The van der Waals surface area contributed by atoms with Gasteiger partial charge in [0.15, 0.2) is 11.6 Å². The maximum Gasteiger partial charge on any atom is 0.346 e. The summed E-state index contributed by atoms with van der Waals surface area (Å²) in [5.74, 6) is 1.77. The third kappa shape index (κ3) is 4.22. The van der Waals surface area contributed by atoms with Crippen LogP contribution >= 0.6 is 34.8 Å². The summed E-state index contributed by atoms with van der Waals surface area (Å²) in [5, 5.41) is 12.9. The van der Waals surface area contributed by atoms with Crippen LogP contribution in [0.15, 0.2) is 51.8 Å². The highest BCUT2D eigenvalue weighted by Gasteiger charge is 2.30. The molecule has 0 radical (unpaired) electrons. The first-order valence-corrected chi connectivity index (χ1v) is 11.2. The number of hydrogen-bond acceptors (Lipinski definition) is 4. The number of rotatable bonds is 6. The van der Waals surface area contributed by atoms with Crippen molar-refractivity contribution in [1.29, 1.82) is 0 Å². The van der Waals surface area contributed by atoms with Crippen LogP contribution in [0.2, 0.25) is 5.02 Å². The lowest BCUT2D eigenvalue weighted by Crippen LogP contribution is -2.25. The molecule has 5 rings (SSSR count). The molecule has 1 atom stereocenters. The molecule has 1 saturated carbocycles. The smallest absolute Gasteiger partial charge is 0.272 e. The van der Waals surface area contributed by atoms with E-state index in [1.54, 1.807) is 16.7 Å². The lowest BCUT2D eigenvalue weighted by molar-refractivity contribution is 0.608. The number of benzene rings is 1. The quantitative estimate of drug-likeness (QED) is 0.531. The SMILES string of the molecule is O=c1n(Cc2nc(CC3=C(Cl)C=CCC3Cl)n[nH]2)nc(-c2ccc(Cl)cc2)n1C1CC1. The van der Waals surface area contributed by atoms with Crippen LogP contribution < -0.4 is 5.69 Å². The van der Waals surface area contributed by atoms with E-state index < -0.39 is 0 Å². The van der Waals surface area contributed by atoms with Gasteiger partial charge in [0, 0.05) is 28.1 Å². The first kappa shape index (κ1) is 20.5. The van der Waals surface area contributed by atoms with Crippen LogP contribution in [0, 0.1) is 0 Å². The van der Waals surface area contributed by atoms with Crippen LogP contribution in [0.3, 0.4) is 0 Å². The minimum absolute atomic E-state index is 0.158. The third-order valence-electron chi connectivity index (χ3n) is 5.40. The molecule has 0 saturated heterocycles. The summed E-state index contributed by atoms with van der Waals surface area (Å²) in [5.41, 5.74) is 1.59. The summed E-state index contributed by atoms with van der Waals surface area (Å²) in [7, 11) is 0. The summed E-state index contributed by atoms with van der Waals surface area (Å²) >= 11 is 18.7. The predicted molar refractivity (Wildman–Crippen MR) is 121 cm³/mol. The normalized spacial score (nSPS) is 18.7. The fraction of sp³-hybridized carbons (Fsp3) is 0.333. The maximum atomic E-state index is 13.1. The number of allylic oxidation sites excluding steroid dienone is 4. The van der Waals surface area contributed by atoms with Crippen molar-refractivity contribution >= 4 is 34.8 Å². The summed E-state index contributed by atoms with van der Waals surface area (Å²) in [6.07, 6.45) is 6.94. The van der Waals surface area contributed by atoms with E-state index in [9.17, 15) is 4.79 Å². The molecule has 160 valence electrons. The average Bonchev–Trinajstić information content (AvgIpc) is 3.40. The third-order valence-corrected chi connectivity index (χ3v) is 6.47. The molecule has 0 aliphatic heterocycles. The van der Waals surface area contributed by atoms with E-state index in [-0.39, 0.29) is 23.7 Å². The van der Waals surface area contributed by atoms with Crippen molar-refractivity contribution in [1.82, 2.24) is 29.5 Å². The highest BCUT2D eigenvalue weighted by molar-refractivity contribution is 6.33. The number of nitrogens with one attached hydrogen (secondary N) is 1. The van der Waals surface area contributed by atoms with Crippen molar-refractivity contribution in [2.24, 2.45) is 0 Å². The molecule has 0 spiro atoms. The van der Waals surface area contributed by atoms with E-state index in [0.717, 1.165) is 30.4 Å². The van der Waals surface area contributed by atoms with Gasteiger partial charge in [0.05, 0.1) is 5.38 Å². The number of alkyl halides is 1. The molecule has 31 heavy (non-hydrogen) atoms. The number of nitrogens with zero attached hydrogens (tertiary/aromatic N) is 5. The first-order chi connectivity index (χ1) is 15.0. The summed E-state index contributed by atoms with van der Waals surface area (Å²) in [6, 6.07) is 7.53. The highest BCUT2D eigenvalue weighted by atomic mass is 35.5. The van der Waals surface area contributed by atoms with Crippen molar-refractivity contribution in [3.8, 4) is 11.4 Å². The molecule has 7 nitrogen and oxygen atoms in total. The van der Waals surface area contributed by atoms with Gasteiger partial charge in [-0.05, 0) is 55.2 Å². The van der Waals surface area contributed by atoms with Gasteiger partial charge in [-0.2, -0.15) is 5.10 Å². The van der Waals surface area contributed by atoms with Crippen molar-refractivity contribution in [2.45, 2.75) is 43.6 Å². The molecule has 1 unspecified atom stereocenters. The van der Waals surface area contributed by atoms with Gasteiger partial charge < -0.3 is 0 Å². The van der Waals surface area contributed by atoms with Crippen molar-refractivity contribution in [2.75, 3.05) is 0 Å². The molecule has 1 aromatic carbocycles. The molecule has 2 aliphatic carbocycles. The highest BCUT2D eigenvalue weighted by Crippen LogP contribution is 2.36. The second-order valence-electron chi connectivity index (χ2n) is 7.73. The van der Waals surface area contributed by atoms with Crippen LogP contribution in [0.4, 0.5) is 0 Å². The van der Waals surface area contributed by atoms with E-state index in [2.05, 4.69) is 20.3 Å². The summed E-state index contributed by atoms with van der Waals surface area (Å²) < 4.78 is 3.18. The molecule has 2 heterocycles. The largest absolute Gasteiger partial charge is 0.346 e. The van der Waals surface area contributed by atoms with E-state index in [1.165, 1.54) is 4.68 Å². The minimum atomic E-state index is -0.168. The van der Waals surface area contributed by atoms with Gasteiger partial charge in [-0.15, -0.1) is 16.7 Å². The molecule has 0 bridgehead atoms. The van der Waals surface area contributed by atoms with Crippen LogP contribution in [-0.4, -0.2) is 34.9 Å². The molecule has 2 aromatic heterocycles. The second kappa shape index (κ2) is 8.30. The molecule has 10 heteroatoms. The van der Waals surface area contributed by atoms with Gasteiger partial charge in [-0.1, -0.05) is 29.3 Å². The Morgan fingerprint density at radius 2 is 1.94 bits per heavy atom. The van der Waals surface area contributed by atoms with E-state index in [0.29, 0.717) is 33.9 Å². The van der Waals surface area contributed by atoms with Gasteiger partial charge in [0.25, 0.3) is 0 Å². The lowest BCUT2D eigenvalue weighted by atomic mass is 10.0. The Bertz CT molecular complexity index is 1230. The molecule has 3 aromatic rings. The standard InChI is InChI=1S/C21H19Cl3N6O/c22-13-6-4-12(5-7-13)20-28-29(21(31)30(20)14-8-9-14)11-19-25-18(26-27-19)10-15-16(23)2-1-3-17(15)24/h1-2,4-7,14,17H,3,8-11H2,(H,25,26,27). The Kier molecular flexibility index (Phi) is 5.50. The Hall–Kier alpha value is -2.35. The van der Waals surface area contributed by atoms with Crippen LogP contribution in [0.1, 0.15) is 37.0 Å². The number of hydrogen-bond donors (Lipinski definition) is 1. The maximum absolute atomic E-state index is 13.1. The molecule has 1 N–H and O–H groups in total.